The summed E-state index contributed by atoms with van der Waals surface area (Å²) in [5.41, 5.74) is 7.20. The van der Waals surface area contributed by atoms with Crippen LogP contribution < -0.4 is 10.5 Å². The van der Waals surface area contributed by atoms with E-state index in [9.17, 15) is 0 Å². The lowest BCUT2D eigenvalue weighted by Gasteiger charge is -2.10. The maximum atomic E-state index is 5.79. The Morgan fingerprint density at radius 2 is 2.06 bits per heavy atom. The summed E-state index contributed by atoms with van der Waals surface area (Å²) in [6.07, 6.45) is 0. The van der Waals surface area contributed by atoms with Crippen molar-refractivity contribution in [2.45, 2.75) is 6.92 Å². The van der Waals surface area contributed by atoms with Crippen LogP contribution in [0.25, 0.3) is 0 Å². The Hall–Kier alpha value is -1.26. The quantitative estimate of drug-likeness (QED) is 0.846. The molecule has 0 atom stereocenters. The highest BCUT2D eigenvalue weighted by atomic mass is 79.9. The fourth-order valence-corrected chi connectivity index (χ4v) is 1.96. The zero-order valence-electron chi connectivity index (χ0n) is 9.08. The van der Waals surface area contributed by atoms with Crippen LogP contribution in [0.15, 0.2) is 34.8 Å². The lowest BCUT2D eigenvalue weighted by atomic mass is 10.2. The normalized spacial score (nSPS) is 10.3. The Morgan fingerprint density at radius 1 is 1.29 bits per heavy atom. The predicted molar refractivity (Wildman–Crippen MR) is 72.6 cm³/mol. The summed E-state index contributed by atoms with van der Waals surface area (Å²) in [5, 5.41) is 0.351. The van der Waals surface area contributed by atoms with E-state index >= 15 is 0 Å². The Morgan fingerprint density at radius 3 is 2.76 bits per heavy atom. The van der Waals surface area contributed by atoms with Gasteiger partial charge in [-0.1, -0.05) is 27.5 Å². The number of rotatable bonds is 2. The summed E-state index contributed by atoms with van der Waals surface area (Å²) in [6, 6.07) is 8.98. The van der Waals surface area contributed by atoms with E-state index in [0.717, 1.165) is 10.0 Å². The number of nitrogens with zero attached hydrogens (tertiary/aromatic N) is 1. The van der Waals surface area contributed by atoms with Gasteiger partial charge in [-0.2, -0.15) is 4.98 Å². The van der Waals surface area contributed by atoms with Crippen LogP contribution in [0.1, 0.15) is 5.56 Å². The second-order valence-corrected chi connectivity index (χ2v) is 4.84. The van der Waals surface area contributed by atoms with Crippen molar-refractivity contribution >= 4 is 33.2 Å². The first-order valence-electron chi connectivity index (χ1n) is 4.92. The molecule has 1 aromatic heterocycles. The monoisotopic (exact) mass is 312 g/mol. The number of aryl methyl sites for hydroxylation is 1. The summed E-state index contributed by atoms with van der Waals surface area (Å²) in [4.78, 5) is 4.04. The van der Waals surface area contributed by atoms with Crippen LogP contribution in [-0.4, -0.2) is 4.98 Å². The Kier molecular flexibility index (Phi) is 3.54. The minimum atomic E-state index is 0.322. The number of benzene rings is 1. The van der Waals surface area contributed by atoms with Crippen molar-refractivity contribution in [2.24, 2.45) is 0 Å². The van der Waals surface area contributed by atoms with E-state index in [1.165, 1.54) is 0 Å². The molecule has 3 nitrogen and oxygen atoms in total. The predicted octanol–water partition coefficient (Wildman–Crippen LogP) is 4.18. The number of ether oxygens (including phenoxy) is 1. The second-order valence-electron chi connectivity index (χ2n) is 3.54. The molecule has 0 spiro atoms. The van der Waals surface area contributed by atoms with Crippen molar-refractivity contribution in [1.82, 2.24) is 4.98 Å². The van der Waals surface area contributed by atoms with E-state index < -0.39 is 0 Å². The molecule has 0 saturated carbocycles. The van der Waals surface area contributed by atoms with E-state index in [-0.39, 0.29) is 0 Å². The Balaban J connectivity index is 2.34. The van der Waals surface area contributed by atoms with E-state index in [1.54, 1.807) is 12.1 Å². The number of nitrogen functional groups attached to an aromatic ring is 1. The van der Waals surface area contributed by atoms with E-state index in [0.29, 0.717) is 22.5 Å². The molecule has 0 unspecified atom stereocenters. The van der Waals surface area contributed by atoms with E-state index in [4.69, 9.17) is 22.1 Å². The largest absolute Gasteiger partial charge is 0.437 e. The van der Waals surface area contributed by atoms with Crippen molar-refractivity contribution in [3.05, 3.63) is 45.5 Å². The zero-order chi connectivity index (χ0) is 12.4. The molecule has 0 fully saturated rings. The molecular formula is C12H10BrClN2O. The maximum absolute atomic E-state index is 5.79. The molecule has 2 N–H and O–H groups in total. The molecule has 0 aliphatic rings. The van der Waals surface area contributed by atoms with Crippen molar-refractivity contribution in [2.75, 3.05) is 5.73 Å². The van der Waals surface area contributed by atoms with Gasteiger partial charge in [-0.3, -0.25) is 0 Å². The molecule has 0 aliphatic heterocycles. The average Bonchev–Trinajstić information content (AvgIpc) is 2.27. The number of pyridine rings is 1. The van der Waals surface area contributed by atoms with Gasteiger partial charge in [0.05, 0.1) is 5.69 Å². The fourth-order valence-electron chi connectivity index (χ4n) is 1.34. The highest BCUT2D eigenvalue weighted by molar-refractivity contribution is 9.10. The number of halogens is 2. The maximum Gasteiger partial charge on any atom is 0.244 e. The summed E-state index contributed by atoms with van der Waals surface area (Å²) >= 11 is 9.18. The van der Waals surface area contributed by atoms with Gasteiger partial charge in [-0.05, 0) is 42.8 Å². The second kappa shape index (κ2) is 4.94. The van der Waals surface area contributed by atoms with E-state index in [1.807, 2.05) is 25.1 Å². The van der Waals surface area contributed by atoms with Crippen molar-refractivity contribution in [1.29, 1.82) is 0 Å². The Labute approximate surface area is 113 Å². The minimum Gasteiger partial charge on any atom is -0.437 e. The molecule has 0 aliphatic carbocycles. The third-order valence-corrected chi connectivity index (χ3v) is 2.90. The molecule has 0 saturated heterocycles. The van der Waals surface area contributed by atoms with Gasteiger partial charge in [0.15, 0.2) is 0 Å². The summed E-state index contributed by atoms with van der Waals surface area (Å²) in [5.74, 6) is 1.03. The van der Waals surface area contributed by atoms with Crippen LogP contribution in [0, 0.1) is 6.92 Å². The molecule has 0 radical (unpaired) electrons. The number of hydrogen-bond donors (Lipinski definition) is 1. The van der Waals surface area contributed by atoms with Crippen molar-refractivity contribution < 1.29 is 4.74 Å². The first-order chi connectivity index (χ1) is 8.06. The third-order valence-electron chi connectivity index (χ3n) is 2.20. The molecule has 2 aromatic rings. The summed E-state index contributed by atoms with van der Waals surface area (Å²) in [7, 11) is 0. The van der Waals surface area contributed by atoms with Crippen LogP contribution in [0.3, 0.4) is 0 Å². The molecule has 0 bridgehead atoms. The number of nitrogens with two attached hydrogens (primary N) is 1. The topological polar surface area (TPSA) is 48.1 Å². The molecule has 1 aromatic carbocycles. The number of anilines is 1. The van der Waals surface area contributed by atoms with Gasteiger partial charge in [0, 0.05) is 4.47 Å². The lowest BCUT2D eigenvalue weighted by molar-refractivity contribution is 0.462. The van der Waals surface area contributed by atoms with E-state index in [2.05, 4.69) is 20.9 Å². The fraction of sp³-hybridized carbons (Fsp3) is 0.0833. The van der Waals surface area contributed by atoms with Crippen LogP contribution in [0.4, 0.5) is 5.69 Å². The molecule has 1 heterocycles. The highest BCUT2D eigenvalue weighted by Crippen LogP contribution is 2.30. The van der Waals surface area contributed by atoms with Gasteiger partial charge in [-0.15, -0.1) is 0 Å². The molecular weight excluding hydrogens is 304 g/mol. The van der Waals surface area contributed by atoms with Gasteiger partial charge in [0.2, 0.25) is 5.88 Å². The third kappa shape index (κ3) is 2.90. The molecule has 17 heavy (non-hydrogen) atoms. The highest BCUT2D eigenvalue weighted by Gasteiger charge is 2.07. The Bertz CT molecular complexity index is 560. The van der Waals surface area contributed by atoms with Crippen molar-refractivity contribution in [3.8, 4) is 11.6 Å². The smallest absolute Gasteiger partial charge is 0.244 e. The van der Waals surface area contributed by atoms with Crippen LogP contribution in [0.5, 0.6) is 11.6 Å². The van der Waals surface area contributed by atoms with Crippen LogP contribution >= 0.6 is 27.5 Å². The molecule has 2 rings (SSSR count). The van der Waals surface area contributed by atoms with Crippen LogP contribution in [0.2, 0.25) is 5.15 Å². The minimum absolute atomic E-state index is 0.322. The van der Waals surface area contributed by atoms with Gasteiger partial charge in [0.1, 0.15) is 10.9 Å². The number of hydrogen-bond acceptors (Lipinski definition) is 3. The standard InChI is InChI=1S/C12H10BrClN2O/c1-7-6-8(13)2-4-10(7)17-12-9(15)3-5-11(14)16-12/h2-6H,15H2,1H3. The van der Waals surface area contributed by atoms with Gasteiger partial charge in [0.25, 0.3) is 0 Å². The average molecular weight is 314 g/mol. The summed E-state index contributed by atoms with van der Waals surface area (Å²) < 4.78 is 6.63. The number of aromatic nitrogens is 1. The molecule has 88 valence electrons. The first kappa shape index (κ1) is 12.2. The van der Waals surface area contributed by atoms with Gasteiger partial charge < -0.3 is 10.5 Å². The van der Waals surface area contributed by atoms with Gasteiger partial charge in [-0.25, -0.2) is 0 Å². The summed E-state index contributed by atoms with van der Waals surface area (Å²) in [6.45, 7) is 1.95. The zero-order valence-corrected chi connectivity index (χ0v) is 11.4. The van der Waals surface area contributed by atoms with Crippen LogP contribution in [-0.2, 0) is 0 Å². The SMILES string of the molecule is Cc1cc(Br)ccc1Oc1nc(Cl)ccc1N. The first-order valence-corrected chi connectivity index (χ1v) is 6.09. The van der Waals surface area contributed by atoms with Crippen molar-refractivity contribution in [3.63, 3.8) is 0 Å². The molecule has 5 heteroatoms. The molecule has 0 amide bonds. The van der Waals surface area contributed by atoms with Gasteiger partial charge >= 0.3 is 0 Å². The lowest BCUT2D eigenvalue weighted by Crippen LogP contribution is -1.96.